The van der Waals surface area contributed by atoms with Crippen molar-refractivity contribution in [3.05, 3.63) is 77.3 Å². The summed E-state index contributed by atoms with van der Waals surface area (Å²) in [4.78, 5) is 27.7. The van der Waals surface area contributed by atoms with Crippen LogP contribution in [0.25, 0.3) is 5.57 Å². The van der Waals surface area contributed by atoms with E-state index in [-0.39, 0.29) is 23.8 Å². The third-order valence-corrected chi connectivity index (χ3v) is 5.19. The van der Waals surface area contributed by atoms with E-state index in [1.807, 2.05) is 0 Å². The smallest absolute Gasteiger partial charge is 0.290 e. The summed E-state index contributed by atoms with van der Waals surface area (Å²) in [7, 11) is 0. The van der Waals surface area contributed by atoms with Crippen molar-refractivity contribution in [2.45, 2.75) is 25.0 Å². The number of aliphatic hydroxyl groups excluding tert-OH is 1. The number of amides is 1. The third-order valence-electron chi connectivity index (χ3n) is 5.19. The van der Waals surface area contributed by atoms with E-state index in [9.17, 15) is 19.1 Å². The highest BCUT2D eigenvalue weighted by Crippen LogP contribution is 2.37. The molecule has 1 fully saturated rings. The molecule has 4 rings (SSSR count). The van der Waals surface area contributed by atoms with Crippen molar-refractivity contribution in [2.24, 2.45) is 0 Å². The number of aliphatic hydroxyl groups is 1. The SMILES string of the molecule is O=C1C(c2ccccc2)=C(O)C(=O)N(C[C@@H]2CCCO2)[C@H]1c1ccccc1F. The second-order valence-corrected chi connectivity index (χ2v) is 6.97. The minimum absolute atomic E-state index is 0.0811. The molecule has 5 nitrogen and oxygen atoms in total. The fourth-order valence-corrected chi connectivity index (χ4v) is 3.84. The lowest BCUT2D eigenvalue weighted by Crippen LogP contribution is -2.48. The second kappa shape index (κ2) is 7.56. The van der Waals surface area contributed by atoms with E-state index >= 15 is 0 Å². The predicted molar refractivity (Wildman–Crippen MR) is 101 cm³/mol. The van der Waals surface area contributed by atoms with Crippen molar-refractivity contribution in [1.29, 1.82) is 0 Å². The molecule has 144 valence electrons. The molecule has 0 unspecified atom stereocenters. The monoisotopic (exact) mass is 381 g/mol. The standard InChI is InChI=1S/C22H20FNO4/c23-17-11-5-4-10-16(17)19-20(25)18(14-7-2-1-3-8-14)21(26)22(27)24(19)13-15-9-6-12-28-15/h1-5,7-8,10-11,15,19,26H,6,9,12-13H2/t15-,19-/m0/s1. The molecule has 2 aromatic rings. The molecule has 0 aliphatic carbocycles. The van der Waals surface area contributed by atoms with Crippen LogP contribution < -0.4 is 0 Å². The highest BCUT2D eigenvalue weighted by molar-refractivity contribution is 6.30. The fraction of sp³-hybridized carbons (Fsp3) is 0.273. The molecule has 28 heavy (non-hydrogen) atoms. The largest absolute Gasteiger partial charge is 0.503 e. The summed E-state index contributed by atoms with van der Waals surface area (Å²) in [5.41, 5.74) is 0.457. The number of carbonyl (C=O) groups is 2. The van der Waals surface area contributed by atoms with E-state index in [4.69, 9.17) is 4.74 Å². The van der Waals surface area contributed by atoms with Crippen molar-refractivity contribution in [1.82, 2.24) is 4.90 Å². The molecule has 1 N–H and O–H groups in total. The molecule has 0 bridgehead atoms. The molecular formula is C22H20FNO4. The number of nitrogens with zero attached hydrogens (tertiary/aromatic N) is 1. The Morgan fingerprint density at radius 3 is 2.46 bits per heavy atom. The van der Waals surface area contributed by atoms with E-state index in [0.29, 0.717) is 12.2 Å². The average molecular weight is 381 g/mol. The van der Waals surface area contributed by atoms with Gasteiger partial charge in [-0.15, -0.1) is 0 Å². The first-order valence-electron chi connectivity index (χ1n) is 9.28. The average Bonchev–Trinajstić information content (AvgIpc) is 3.21. The number of hydrogen-bond acceptors (Lipinski definition) is 4. The lowest BCUT2D eigenvalue weighted by Gasteiger charge is -2.36. The maximum absolute atomic E-state index is 14.6. The van der Waals surface area contributed by atoms with Gasteiger partial charge < -0.3 is 14.7 Å². The Balaban J connectivity index is 1.83. The van der Waals surface area contributed by atoms with E-state index in [2.05, 4.69) is 0 Å². The quantitative estimate of drug-likeness (QED) is 0.881. The molecular weight excluding hydrogens is 361 g/mol. The number of halogens is 1. The number of hydrogen-bond donors (Lipinski definition) is 1. The van der Waals surface area contributed by atoms with Crippen molar-refractivity contribution < 1.29 is 23.8 Å². The molecule has 0 radical (unpaired) electrons. The summed E-state index contributed by atoms with van der Waals surface area (Å²) in [6.45, 7) is 0.706. The fourth-order valence-electron chi connectivity index (χ4n) is 3.84. The number of ketones is 1. The van der Waals surface area contributed by atoms with Gasteiger partial charge in [-0.3, -0.25) is 9.59 Å². The van der Waals surface area contributed by atoms with E-state index in [1.165, 1.54) is 23.1 Å². The van der Waals surface area contributed by atoms with Crippen LogP contribution in [0.1, 0.15) is 30.0 Å². The predicted octanol–water partition coefficient (Wildman–Crippen LogP) is 3.43. The molecule has 6 heteroatoms. The van der Waals surface area contributed by atoms with Gasteiger partial charge in [0.15, 0.2) is 11.5 Å². The van der Waals surface area contributed by atoms with Gasteiger partial charge in [-0.25, -0.2) is 4.39 Å². The van der Waals surface area contributed by atoms with E-state index < -0.39 is 29.3 Å². The van der Waals surface area contributed by atoms with Crippen LogP contribution in [0.5, 0.6) is 0 Å². The van der Waals surface area contributed by atoms with Crippen LogP contribution in [0.4, 0.5) is 4.39 Å². The van der Waals surface area contributed by atoms with Gasteiger partial charge in [0.1, 0.15) is 11.9 Å². The lowest BCUT2D eigenvalue weighted by atomic mass is 9.87. The number of rotatable bonds is 4. The zero-order valence-corrected chi connectivity index (χ0v) is 15.2. The van der Waals surface area contributed by atoms with Gasteiger partial charge in [0.25, 0.3) is 5.91 Å². The first-order chi connectivity index (χ1) is 13.6. The van der Waals surface area contributed by atoms with Gasteiger partial charge in [0.05, 0.1) is 11.7 Å². The molecule has 1 amide bonds. The van der Waals surface area contributed by atoms with E-state index in [0.717, 1.165) is 12.8 Å². The van der Waals surface area contributed by atoms with Crippen LogP contribution in [0, 0.1) is 5.82 Å². The van der Waals surface area contributed by atoms with Crippen LogP contribution in [0.2, 0.25) is 0 Å². The van der Waals surface area contributed by atoms with Crippen LogP contribution >= 0.6 is 0 Å². The number of Topliss-reactive ketones (excluding diaryl/α,β-unsaturated/α-hetero) is 1. The Hall–Kier alpha value is -2.99. The summed E-state index contributed by atoms with van der Waals surface area (Å²) in [5.74, 6) is -2.38. The summed E-state index contributed by atoms with van der Waals surface area (Å²) in [6, 6.07) is 13.3. The number of ether oxygens (including phenoxy) is 1. The maximum atomic E-state index is 14.6. The zero-order valence-electron chi connectivity index (χ0n) is 15.2. The highest BCUT2D eigenvalue weighted by atomic mass is 19.1. The summed E-state index contributed by atoms with van der Waals surface area (Å²) in [6.07, 6.45) is 1.37. The first kappa shape index (κ1) is 18.4. The van der Waals surface area contributed by atoms with Crippen molar-refractivity contribution >= 4 is 17.3 Å². The molecule has 2 aliphatic heterocycles. The lowest BCUT2D eigenvalue weighted by molar-refractivity contribution is -0.140. The molecule has 0 spiro atoms. The molecule has 2 atom stereocenters. The van der Waals surface area contributed by atoms with Crippen molar-refractivity contribution in [3.8, 4) is 0 Å². The van der Waals surface area contributed by atoms with Gasteiger partial charge in [-0.2, -0.15) is 0 Å². The Bertz CT molecular complexity index is 935. The van der Waals surface area contributed by atoms with Gasteiger partial charge in [-0.1, -0.05) is 48.5 Å². The topological polar surface area (TPSA) is 66.8 Å². The van der Waals surface area contributed by atoms with Gasteiger partial charge >= 0.3 is 0 Å². The molecule has 2 heterocycles. The zero-order chi connectivity index (χ0) is 19.7. The summed E-state index contributed by atoms with van der Waals surface area (Å²) < 4.78 is 20.2. The maximum Gasteiger partial charge on any atom is 0.290 e. The minimum Gasteiger partial charge on any atom is -0.503 e. The van der Waals surface area contributed by atoms with E-state index in [1.54, 1.807) is 36.4 Å². The Kier molecular flexibility index (Phi) is 4.96. The second-order valence-electron chi connectivity index (χ2n) is 6.97. The Morgan fingerprint density at radius 2 is 1.79 bits per heavy atom. The molecule has 0 aromatic heterocycles. The molecule has 2 aromatic carbocycles. The third kappa shape index (κ3) is 3.20. The molecule has 1 saturated heterocycles. The van der Waals surface area contributed by atoms with Gasteiger partial charge in [0.2, 0.25) is 0 Å². The first-order valence-corrected chi connectivity index (χ1v) is 9.28. The Labute approximate surface area is 162 Å². The number of carbonyl (C=O) groups excluding carboxylic acids is 2. The Morgan fingerprint density at radius 1 is 1.07 bits per heavy atom. The van der Waals surface area contributed by atoms with Gasteiger partial charge in [0, 0.05) is 18.7 Å². The van der Waals surface area contributed by atoms with Crippen LogP contribution in [-0.2, 0) is 14.3 Å². The van der Waals surface area contributed by atoms with Crippen LogP contribution in [0.3, 0.4) is 0 Å². The number of benzene rings is 2. The normalized spacial score (nSPS) is 22.8. The van der Waals surface area contributed by atoms with Crippen LogP contribution in [-0.4, -0.2) is 41.0 Å². The van der Waals surface area contributed by atoms with Crippen molar-refractivity contribution in [2.75, 3.05) is 13.2 Å². The van der Waals surface area contributed by atoms with Crippen molar-refractivity contribution in [3.63, 3.8) is 0 Å². The minimum atomic E-state index is -1.15. The molecule has 2 aliphatic rings. The van der Waals surface area contributed by atoms with Gasteiger partial charge in [-0.05, 0) is 24.5 Å². The van der Waals surface area contributed by atoms with Crippen LogP contribution in [0.15, 0.2) is 60.4 Å². The summed E-state index contributed by atoms with van der Waals surface area (Å²) in [5, 5.41) is 10.6. The summed E-state index contributed by atoms with van der Waals surface area (Å²) >= 11 is 0. The highest BCUT2D eigenvalue weighted by Gasteiger charge is 2.44. The molecule has 0 saturated carbocycles.